The van der Waals surface area contributed by atoms with Crippen molar-refractivity contribution in [3.05, 3.63) is 53.0 Å². The lowest BCUT2D eigenvalue weighted by Gasteiger charge is -2.02. The fraction of sp³-hybridized carbons (Fsp3) is 0.125. The van der Waals surface area contributed by atoms with E-state index in [0.29, 0.717) is 11.7 Å². The predicted molar refractivity (Wildman–Crippen MR) is 89.3 cm³/mol. The second kappa shape index (κ2) is 6.45. The van der Waals surface area contributed by atoms with Gasteiger partial charge in [-0.25, -0.2) is 0 Å². The van der Waals surface area contributed by atoms with Crippen LogP contribution in [0.15, 0.2) is 62.4 Å². The fourth-order valence-electron chi connectivity index (χ4n) is 1.97. The third-order valence-corrected chi connectivity index (χ3v) is 4.43. The first-order valence-electron chi connectivity index (χ1n) is 6.60. The molecule has 1 heterocycles. The van der Waals surface area contributed by atoms with Crippen molar-refractivity contribution in [2.24, 2.45) is 0 Å². The number of rotatable bonds is 4. The molecule has 1 aromatic heterocycles. The van der Waals surface area contributed by atoms with Crippen molar-refractivity contribution in [2.75, 3.05) is 5.75 Å². The monoisotopic (exact) mass is 360 g/mol. The highest BCUT2D eigenvalue weighted by atomic mass is 79.9. The lowest BCUT2D eigenvalue weighted by molar-refractivity contribution is 0.431. The molecular formula is C16H13BrN2OS. The molecule has 3 aromatic rings. The molecule has 0 unspecified atom stereocenters. The first-order valence-corrected chi connectivity index (χ1v) is 8.37. The van der Waals surface area contributed by atoms with Gasteiger partial charge in [0.05, 0.1) is 5.56 Å². The van der Waals surface area contributed by atoms with E-state index in [1.165, 1.54) is 0 Å². The summed E-state index contributed by atoms with van der Waals surface area (Å²) >= 11 is 5.19. The third kappa shape index (κ3) is 3.19. The molecule has 0 saturated carbocycles. The number of nitrogens with zero attached hydrogens (tertiary/aromatic N) is 2. The minimum atomic E-state index is 0.560. The molecule has 0 aliphatic heterocycles. The van der Waals surface area contributed by atoms with Crippen LogP contribution in [0.2, 0.25) is 0 Å². The van der Waals surface area contributed by atoms with Crippen molar-refractivity contribution >= 4 is 27.7 Å². The van der Waals surface area contributed by atoms with Crippen LogP contribution in [0.3, 0.4) is 0 Å². The zero-order chi connectivity index (χ0) is 14.7. The molecule has 0 aliphatic rings. The average Bonchev–Trinajstić information content (AvgIpc) is 2.99. The maximum Gasteiger partial charge on any atom is 0.259 e. The Kier molecular flexibility index (Phi) is 4.41. The van der Waals surface area contributed by atoms with E-state index < -0.39 is 0 Å². The Morgan fingerprint density at radius 1 is 1.10 bits per heavy atom. The summed E-state index contributed by atoms with van der Waals surface area (Å²) in [5, 5.41) is 4.08. The van der Waals surface area contributed by atoms with E-state index in [0.717, 1.165) is 26.2 Å². The van der Waals surface area contributed by atoms with Crippen molar-refractivity contribution in [2.45, 2.75) is 11.8 Å². The summed E-state index contributed by atoms with van der Waals surface area (Å²) in [6, 6.07) is 15.9. The van der Waals surface area contributed by atoms with Gasteiger partial charge in [-0.15, -0.1) is 11.8 Å². The van der Waals surface area contributed by atoms with Gasteiger partial charge in [0, 0.05) is 14.9 Å². The van der Waals surface area contributed by atoms with Crippen LogP contribution in [0, 0.1) is 0 Å². The molecule has 3 nitrogen and oxygen atoms in total. The molecular weight excluding hydrogens is 348 g/mol. The summed E-state index contributed by atoms with van der Waals surface area (Å²) in [7, 11) is 0. The largest absolute Gasteiger partial charge is 0.334 e. The molecule has 0 amide bonds. The molecule has 0 aliphatic carbocycles. The molecule has 0 atom stereocenters. The number of hydrogen-bond donors (Lipinski definition) is 0. The first kappa shape index (κ1) is 14.4. The van der Waals surface area contributed by atoms with Gasteiger partial charge >= 0.3 is 0 Å². The van der Waals surface area contributed by atoms with E-state index in [1.54, 1.807) is 11.8 Å². The van der Waals surface area contributed by atoms with Gasteiger partial charge in [0.2, 0.25) is 5.82 Å². The molecule has 106 valence electrons. The summed E-state index contributed by atoms with van der Waals surface area (Å²) in [5.41, 5.74) is 1.93. The van der Waals surface area contributed by atoms with Crippen LogP contribution in [0.25, 0.3) is 22.8 Å². The predicted octanol–water partition coefficient (Wildman–Crippen LogP) is 5.28. The van der Waals surface area contributed by atoms with E-state index in [1.807, 2.05) is 42.5 Å². The standard InChI is InChI=1S/C16H13BrN2OS/c1-2-21-14-6-4-3-5-13(14)16-18-15(19-20-16)11-7-9-12(17)10-8-11/h3-10H,2H2,1H3. The van der Waals surface area contributed by atoms with Gasteiger partial charge in [0.15, 0.2) is 0 Å². The van der Waals surface area contributed by atoms with E-state index >= 15 is 0 Å². The van der Waals surface area contributed by atoms with Crippen LogP contribution >= 0.6 is 27.7 Å². The van der Waals surface area contributed by atoms with Crippen molar-refractivity contribution < 1.29 is 4.52 Å². The minimum Gasteiger partial charge on any atom is -0.334 e. The molecule has 0 bridgehead atoms. The van der Waals surface area contributed by atoms with Crippen molar-refractivity contribution in [1.29, 1.82) is 0 Å². The topological polar surface area (TPSA) is 38.9 Å². The Morgan fingerprint density at radius 2 is 1.86 bits per heavy atom. The highest BCUT2D eigenvalue weighted by Gasteiger charge is 2.13. The van der Waals surface area contributed by atoms with Crippen LogP contribution in [0.1, 0.15) is 6.92 Å². The molecule has 2 aromatic carbocycles. The Hall–Kier alpha value is -1.59. The maximum atomic E-state index is 5.44. The number of hydrogen-bond acceptors (Lipinski definition) is 4. The second-order valence-corrected chi connectivity index (χ2v) is 6.58. The van der Waals surface area contributed by atoms with Gasteiger partial charge in [-0.05, 0) is 42.2 Å². The maximum absolute atomic E-state index is 5.44. The van der Waals surface area contributed by atoms with Gasteiger partial charge in [-0.1, -0.05) is 40.1 Å². The molecule has 5 heteroatoms. The summed E-state index contributed by atoms with van der Waals surface area (Å²) in [6.45, 7) is 2.13. The van der Waals surface area contributed by atoms with Gasteiger partial charge in [0.1, 0.15) is 0 Å². The van der Waals surface area contributed by atoms with Crippen LogP contribution in [0.4, 0.5) is 0 Å². The molecule has 0 N–H and O–H groups in total. The Morgan fingerprint density at radius 3 is 2.62 bits per heavy atom. The lowest BCUT2D eigenvalue weighted by atomic mass is 10.2. The smallest absolute Gasteiger partial charge is 0.259 e. The van der Waals surface area contributed by atoms with Gasteiger partial charge in [-0.3, -0.25) is 0 Å². The van der Waals surface area contributed by atoms with Gasteiger partial charge < -0.3 is 4.52 Å². The number of benzene rings is 2. The first-order chi connectivity index (χ1) is 10.3. The SMILES string of the molecule is CCSc1ccccc1-c1nc(-c2ccc(Br)cc2)no1. The minimum absolute atomic E-state index is 0.560. The highest BCUT2D eigenvalue weighted by molar-refractivity contribution is 9.10. The fourth-order valence-corrected chi connectivity index (χ4v) is 3.03. The lowest BCUT2D eigenvalue weighted by Crippen LogP contribution is -1.84. The Labute approximate surface area is 135 Å². The van der Waals surface area contributed by atoms with Crippen LogP contribution in [-0.4, -0.2) is 15.9 Å². The van der Waals surface area contributed by atoms with Crippen LogP contribution < -0.4 is 0 Å². The molecule has 0 fully saturated rings. The Balaban J connectivity index is 1.97. The summed E-state index contributed by atoms with van der Waals surface area (Å²) in [5.74, 6) is 2.17. The van der Waals surface area contributed by atoms with Crippen molar-refractivity contribution in [3.63, 3.8) is 0 Å². The van der Waals surface area contributed by atoms with Crippen molar-refractivity contribution in [1.82, 2.24) is 10.1 Å². The summed E-state index contributed by atoms with van der Waals surface area (Å²) in [4.78, 5) is 5.68. The Bertz CT molecular complexity index is 740. The molecule has 0 radical (unpaired) electrons. The molecule has 3 rings (SSSR count). The third-order valence-electron chi connectivity index (χ3n) is 2.95. The number of thioether (sulfide) groups is 1. The molecule has 0 saturated heterocycles. The van der Waals surface area contributed by atoms with E-state index in [2.05, 4.69) is 39.1 Å². The van der Waals surface area contributed by atoms with Gasteiger partial charge in [-0.2, -0.15) is 4.98 Å². The van der Waals surface area contributed by atoms with E-state index in [9.17, 15) is 0 Å². The number of aromatic nitrogens is 2. The average molecular weight is 361 g/mol. The zero-order valence-electron chi connectivity index (χ0n) is 11.4. The van der Waals surface area contributed by atoms with E-state index in [-0.39, 0.29) is 0 Å². The quantitative estimate of drug-likeness (QED) is 0.593. The summed E-state index contributed by atoms with van der Waals surface area (Å²) in [6.07, 6.45) is 0. The number of halogens is 1. The second-order valence-electron chi connectivity index (χ2n) is 4.36. The van der Waals surface area contributed by atoms with Crippen molar-refractivity contribution in [3.8, 4) is 22.8 Å². The van der Waals surface area contributed by atoms with Gasteiger partial charge in [0.25, 0.3) is 5.89 Å². The molecule has 0 spiro atoms. The molecule has 21 heavy (non-hydrogen) atoms. The zero-order valence-corrected chi connectivity index (χ0v) is 13.8. The highest BCUT2D eigenvalue weighted by Crippen LogP contribution is 2.31. The summed E-state index contributed by atoms with van der Waals surface area (Å²) < 4.78 is 6.46. The van der Waals surface area contributed by atoms with E-state index in [4.69, 9.17) is 4.52 Å². The van der Waals surface area contributed by atoms with Crippen LogP contribution in [0.5, 0.6) is 0 Å². The normalized spacial score (nSPS) is 10.8. The van der Waals surface area contributed by atoms with Crippen LogP contribution in [-0.2, 0) is 0 Å².